The van der Waals surface area contributed by atoms with Crippen molar-refractivity contribution in [2.75, 3.05) is 26.2 Å². The summed E-state index contributed by atoms with van der Waals surface area (Å²) in [7, 11) is 0. The summed E-state index contributed by atoms with van der Waals surface area (Å²) >= 11 is 0. The minimum absolute atomic E-state index is 0.251. The standard InChI is InChI=1S/C12H23N3O/c1-10-8-13-9-11(2)15(10)12(16)14-6-4-3-5-7-14/h10-11,13H,3-9H2,1-2H3. The van der Waals surface area contributed by atoms with Gasteiger partial charge in [-0.25, -0.2) is 4.79 Å². The van der Waals surface area contributed by atoms with E-state index in [2.05, 4.69) is 24.1 Å². The average Bonchev–Trinajstić information content (AvgIpc) is 2.30. The SMILES string of the molecule is CC1CNCC(C)N1C(=O)N1CCCCC1. The largest absolute Gasteiger partial charge is 0.325 e. The quantitative estimate of drug-likeness (QED) is 0.674. The van der Waals surface area contributed by atoms with Gasteiger partial charge in [0.15, 0.2) is 0 Å². The Bertz CT molecular complexity index is 241. The summed E-state index contributed by atoms with van der Waals surface area (Å²) in [6.07, 6.45) is 3.61. The third-order valence-electron chi connectivity index (χ3n) is 3.68. The third-order valence-corrected chi connectivity index (χ3v) is 3.68. The van der Waals surface area contributed by atoms with Crippen molar-refractivity contribution in [2.24, 2.45) is 0 Å². The molecule has 0 aromatic carbocycles. The van der Waals surface area contributed by atoms with Gasteiger partial charge in [0.1, 0.15) is 0 Å². The van der Waals surface area contributed by atoms with Crippen LogP contribution in [0.2, 0.25) is 0 Å². The predicted octanol–water partition coefficient (Wildman–Crippen LogP) is 1.27. The normalized spacial score (nSPS) is 31.6. The topological polar surface area (TPSA) is 35.6 Å². The molecule has 92 valence electrons. The van der Waals surface area contributed by atoms with Gasteiger partial charge in [0, 0.05) is 38.3 Å². The Morgan fingerprint density at radius 3 is 2.19 bits per heavy atom. The predicted molar refractivity (Wildman–Crippen MR) is 64.5 cm³/mol. The number of rotatable bonds is 0. The Balaban J connectivity index is 2.00. The smallest absolute Gasteiger partial charge is 0.320 e. The maximum atomic E-state index is 12.4. The number of carbonyl (C=O) groups excluding carboxylic acids is 1. The third kappa shape index (κ3) is 2.32. The van der Waals surface area contributed by atoms with Crippen molar-refractivity contribution in [1.82, 2.24) is 15.1 Å². The van der Waals surface area contributed by atoms with Crippen LogP contribution in [0.3, 0.4) is 0 Å². The Labute approximate surface area is 98.0 Å². The summed E-state index contributed by atoms with van der Waals surface area (Å²) in [4.78, 5) is 16.5. The maximum absolute atomic E-state index is 12.4. The van der Waals surface area contributed by atoms with Crippen LogP contribution in [-0.2, 0) is 0 Å². The molecule has 1 N–H and O–H groups in total. The van der Waals surface area contributed by atoms with Crippen LogP contribution in [0, 0.1) is 0 Å². The summed E-state index contributed by atoms with van der Waals surface area (Å²) in [5, 5.41) is 3.36. The number of nitrogens with zero attached hydrogens (tertiary/aromatic N) is 2. The highest BCUT2D eigenvalue weighted by molar-refractivity contribution is 5.75. The molecular formula is C12H23N3O. The molecule has 2 saturated heterocycles. The molecule has 2 aliphatic heterocycles. The number of amides is 2. The highest BCUT2D eigenvalue weighted by Gasteiger charge is 2.32. The number of nitrogens with one attached hydrogen (secondary N) is 1. The highest BCUT2D eigenvalue weighted by Crippen LogP contribution is 2.16. The van der Waals surface area contributed by atoms with Crippen molar-refractivity contribution in [1.29, 1.82) is 0 Å². The highest BCUT2D eigenvalue weighted by atomic mass is 16.2. The van der Waals surface area contributed by atoms with E-state index >= 15 is 0 Å². The molecular weight excluding hydrogens is 202 g/mol. The lowest BCUT2D eigenvalue weighted by atomic mass is 10.1. The molecule has 2 heterocycles. The van der Waals surface area contributed by atoms with E-state index in [-0.39, 0.29) is 6.03 Å². The minimum atomic E-state index is 0.251. The van der Waals surface area contributed by atoms with E-state index in [0.717, 1.165) is 26.2 Å². The Morgan fingerprint density at radius 2 is 1.62 bits per heavy atom. The molecule has 4 nitrogen and oxygen atoms in total. The Morgan fingerprint density at radius 1 is 1.06 bits per heavy atom. The summed E-state index contributed by atoms with van der Waals surface area (Å²) in [6, 6.07) is 0.887. The van der Waals surface area contributed by atoms with Crippen LogP contribution in [0.4, 0.5) is 4.79 Å². The van der Waals surface area contributed by atoms with Crippen molar-refractivity contribution < 1.29 is 4.79 Å². The molecule has 0 bridgehead atoms. The number of urea groups is 1. The lowest BCUT2D eigenvalue weighted by molar-refractivity contribution is 0.0940. The van der Waals surface area contributed by atoms with Gasteiger partial charge in [-0.2, -0.15) is 0 Å². The maximum Gasteiger partial charge on any atom is 0.320 e. The first kappa shape index (κ1) is 11.7. The van der Waals surface area contributed by atoms with Crippen molar-refractivity contribution >= 4 is 6.03 Å². The molecule has 0 saturated carbocycles. The van der Waals surface area contributed by atoms with Gasteiger partial charge in [0.2, 0.25) is 0 Å². The second-order valence-corrected chi connectivity index (χ2v) is 5.09. The van der Waals surface area contributed by atoms with Crippen LogP contribution in [0.15, 0.2) is 0 Å². The molecule has 0 spiro atoms. The Hall–Kier alpha value is -0.770. The first-order chi connectivity index (χ1) is 7.70. The zero-order valence-corrected chi connectivity index (χ0v) is 10.4. The number of hydrogen-bond acceptors (Lipinski definition) is 2. The van der Waals surface area contributed by atoms with Crippen LogP contribution in [0.25, 0.3) is 0 Å². The summed E-state index contributed by atoms with van der Waals surface area (Å²) in [5.74, 6) is 0. The van der Waals surface area contributed by atoms with Crippen LogP contribution >= 0.6 is 0 Å². The molecule has 16 heavy (non-hydrogen) atoms. The monoisotopic (exact) mass is 225 g/mol. The van der Waals surface area contributed by atoms with E-state index in [1.165, 1.54) is 19.3 Å². The molecule has 2 aliphatic rings. The fourth-order valence-corrected chi connectivity index (χ4v) is 2.76. The van der Waals surface area contributed by atoms with Gasteiger partial charge in [-0.1, -0.05) is 0 Å². The second-order valence-electron chi connectivity index (χ2n) is 5.09. The van der Waals surface area contributed by atoms with Crippen LogP contribution in [0.1, 0.15) is 33.1 Å². The Kier molecular flexibility index (Phi) is 3.69. The van der Waals surface area contributed by atoms with Gasteiger partial charge >= 0.3 is 6.03 Å². The van der Waals surface area contributed by atoms with E-state index in [0.29, 0.717) is 12.1 Å². The van der Waals surface area contributed by atoms with Crippen molar-refractivity contribution in [2.45, 2.75) is 45.2 Å². The molecule has 4 heteroatoms. The lowest BCUT2D eigenvalue weighted by Gasteiger charge is -2.43. The van der Waals surface area contributed by atoms with E-state index in [4.69, 9.17) is 0 Å². The van der Waals surface area contributed by atoms with Crippen LogP contribution in [0.5, 0.6) is 0 Å². The number of carbonyl (C=O) groups is 1. The molecule has 0 radical (unpaired) electrons. The second kappa shape index (κ2) is 5.04. The summed E-state index contributed by atoms with van der Waals surface area (Å²) in [6.45, 7) is 7.99. The van der Waals surface area contributed by atoms with Crippen molar-refractivity contribution in [3.05, 3.63) is 0 Å². The molecule has 2 atom stereocenters. The van der Waals surface area contributed by atoms with Gasteiger partial charge in [-0.3, -0.25) is 0 Å². The fourth-order valence-electron chi connectivity index (χ4n) is 2.76. The van der Waals surface area contributed by atoms with Gasteiger partial charge in [0.05, 0.1) is 0 Å². The van der Waals surface area contributed by atoms with Gasteiger partial charge < -0.3 is 15.1 Å². The number of likely N-dealkylation sites (tertiary alicyclic amines) is 1. The van der Waals surface area contributed by atoms with E-state index in [1.54, 1.807) is 0 Å². The van der Waals surface area contributed by atoms with Gasteiger partial charge in [-0.05, 0) is 33.1 Å². The molecule has 0 aromatic rings. The van der Waals surface area contributed by atoms with Crippen LogP contribution in [-0.4, -0.2) is 54.1 Å². The first-order valence-corrected chi connectivity index (χ1v) is 6.48. The van der Waals surface area contributed by atoms with Crippen molar-refractivity contribution in [3.63, 3.8) is 0 Å². The summed E-state index contributed by atoms with van der Waals surface area (Å²) in [5.41, 5.74) is 0. The van der Waals surface area contributed by atoms with Gasteiger partial charge in [0.25, 0.3) is 0 Å². The molecule has 2 amide bonds. The van der Waals surface area contributed by atoms with Crippen molar-refractivity contribution in [3.8, 4) is 0 Å². The molecule has 2 unspecified atom stereocenters. The lowest BCUT2D eigenvalue weighted by Crippen LogP contribution is -2.60. The zero-order chi connectivity index (χ0) is 11.5. The number of piperazine rings is 1. The van der Waals surface area contributed by atoms with Gasteiger partial charge in [-0.15, -0.1) is 0 Å². The van der Waals surface area contributed by atoms with Crippen LogP contribution < -0.4 is 5.32 Å². The molecule has 2 fully saturated rings. The molecule has 2 rings (SSSR count). The number of hydrogen-bond donors (Lipinski definition) is 1. The fraction of sp³-hybridized carbons (Fsp3) is 0.917. The average molecular weight is 225 g/mol. The van der Waals surface area contributed by atoms with E-state index in [1.807, 2.05) is 4.90 Å². The molecule has 0 aliphatic carbocycles. The molecule has 0 aromatic heterocycles. The van der Waals surface area contributed by atoms with E-state index in [9.17, 15) is 4.79 Å². The van der Waals surface area contributed by atoms with E-state index < -0.39 is 0 Å². The first-order valence-electron chi connectivity index (χ1n) is 6.48. The summed E-state index contributed by atoms with van der Waals surface area (Å²) < 4.78 is 0. The number of piperidine rings is 1. The minimum Gasteiger partial charge on any atom is -0.325 e. The zero-order valence-electron chi connectivity index (χ0n) is 10.4.